The fourth-order valence-electron chi connectivity index (χ4n) is 3.60. The number of benzene rings is 2. The lowest BCUT2D eigenvalue weighted by molar-refractivity contribution is 0.344. The second kappa shape index (κ2) is 9.29. The van der Waals surface area contributed by atoms with E-state index < -0.39 is 0 Å². The van der Waals surface area contributed by atoms with Crippen molar-refractivity contribution in [3.05, 3.63) is 95.5 Å². The maximum absolute atomic E-state index is 6.07. The van der Waals surface area contributed by atoms with E-state index in [1.54, 1.807) is 6.08 Å². The molecule has 2 aromatic rings. The first-order chi connectivity index (χ1) is 13.5. The minimum absolute atomic E-state index is 0.269. The number of likely N-dealkylation sites (N-methyl/N-ethyl adjacent to an activating group) is 1. The predicted octanol–water partition coefficient (Wildman–Crippen LogP) is 3.64. The SMILES string of the molecule is CN1CCC2=CCC(/C(N)=C/C=C(N)N)C=C2C1.c1ccc2ccccc2c1. The Bertz CT molecular complexity index is 867. The van der Waals surface area contributed by atoms with Crippen LogP contribution in [0.15, 0.2) is 95.5 Å². The Labute approximate surface area is 167 Å². The van der Waals surface area contributed by atoms with Crippen molar-refractivity contribution in [3.8, 4) is 0 Å². The molecule has 0 aromatic heterocycles. The second-order valence-electron chi connectivity index (χ2n) is 7.43. The number of nitrogens with zero attached hydrogens (tertiary/aromatic N) is 1. The Morgan fingerprint density at radius 2 is 1.54 bits per heavy atom. The van der Waals surface area contributed by atoms with E-state index in [0.717, 1.165) is 31.6 Å². The molecular formula is C24H30N4. The smallest absolute Gasteiger partial charge is 0.0934 e. The van der Waals surface area contributed by atoms with Gasteiger partial charge in [-0.3, -0.25) is 0 Å². The Hall–Kier alpha value is -2.98. The van der Waals surface area contributed by atoms with Crippen molar-refractivity contribution in [1.82, 2.24) is 4.90 Å². The quantitative estimate of drug-likeness (QED) is 0.701. The topological polar surface area (TPSA) is 81.3 Å². The summed E-state index contributed by atoms with van der Waals surface area (Å²) in [7, 11) is 2.15. The zero-order chi connectivity index (χ0) is 19.9. The molecule has 6 N–H and O–H groups in total. The van der Waals surface area contributed by atoms with Gasteiger partial charge in [-0.2, -0.15) is 0 Å². The molecule has 0 radical (unpaired) electrons. The summed E-state index contributed by atoms with van der Waals surface area (Å²) in [6, 6.07) is 16.7. The second-order valence-corrected chi connectivity index (χ2v) is 7.43. The molecule has 1 heterocycles. The van der Waals surface area contributed by atoms with E-state index in [1.165, 1.54) is 21.9 Å². The van der Waals surface area contributed by atoms with Crippen LogP contribution in [0.4, 0.5) is 0 Å². The van der Waals surface area contributed by atoms with Gasteiger partial charge in [0.1, 0.15) is 0 Å². The number of hydrogen-bond acceptors (Lipinski definition) is 4. The molecule has 146 valence electrons. The molecule has 1 fully saturated rings. The molecule has 0 saturated carbocycles. The van der Waals surface area contributed by atoms with Gasteiger partial charge >= 0.3 is 0 Å². The molecule has 1 atom stereocenters. The minimum atomic E-state index is 0.269. The summed E-state index contributed by atoms with van der Waals surface area (Å²) in [5, 5.41) is 2.62. The Morgan fingerprint density at radius 1 is 0.929 bits per heavy atom. The summed E-state index contributed by atoms with van der Waals surface area (Å²) >= 11 is 0. The highest BCUT2D eigenvalue weighted by molar-refractivity contribution is 5.82. The molecule has 1 aliphatic heterocycles. The molecule has 0 bridgehead atoms. The van der Waals surface area contributed by atoms with E-state index in [1.807, 2.05) is 6.08 Å². The molecule has 28 heavy (non-hydrogen) atoms. The summed E-state index contributed by atoms with van der Waals surface area (Å²) in [5.41, 5.74) is 20.6. The van der Waals surface area contributed by atoms with Crippen LogP contribution in [-0.2, 0) is 0 Å². The van der Waals surface area contributed by atoms with Crippen molar-refractivity contribution in [3.63, 3.8) is 0 Å². The number of likely N-dealkylation sites (tertiary alicyclic amines) is 1. The van der Waals surface area contributed by atoms with Gasteiger partial charge in [-0.25, -0.2) is 0 Å². The van der Waals surface area contributed by atoms with Crippen molar-refractivity contribution >= 4 is 10.8 Å². The maximum atomic E-state index is 6.07. The third kappa shape index (κ3) is 5.27. The van der Waals surface area contributed by atoms with Crippen LogP contribution in [0, 0.1) is 5.92 Å². The molecule has 2 aliphatic rings. The van der Waals surface area contributed by atoms with Gasteiger partial charge < -0.3 is 22.1 Å². The summed E-state index contributed by atoms with van der Waals surface area (Å²) in [6.07, 6.45) is 10.2. The van der Waals surface area contributed by atoms with Crippen LogP contribution in [0.1, 0.15) is 12.8 Å². The van der Waals surface area contributed by atoms with E-state index in [-0.39, 0.29) is 11.7 Å². The summed E-state index contributed by atoms with van der Waals surface area (Å²) in [4.78, 5) is 2.34. The third-order valence-electron chi connectivity index (χ3n) is 5.19. The van der Waals surface area contributed by atoms with Crippen molar-refractivity contribution in [2.75, 3.05) is 20.1 Å². The number of rotatable bonds is 2. The maximum Gasteiger partial charge on any atom is 0.0934 e. The zero-order valence-corrected chi connectivity index (χ0v) is 16.5. The number of piperidine rings is 1. The van der Waals surface area contributed by atoms with Crippen LogP contribution in [-0.4, -0.2) is 25.0 Å². The first kappa shape index (κ1) is 19.8. The van der Waals surface area contributed by atoms with Gasteiger partial charge in [-0.05, 0) is 54.0 Å². The number of fused-ring (bicyclic) bond motifs is 2. The first-order valence-electron chi connectivity index (χ1n) is 9.73. The molecule has 1 unspecified atom stereocenters. The van der Waals surface area contributed by atoms with Gasteiger partial charge in [-0.15, -0.1) is 0 Å². The van der Waals surface area contributed by atoms with E-state index in [2.05, 4.69) is 72.6 Å². The Kier molecular flexibility index (Phi) is 6.56. The number of nitrogens with two attached hydrogens (primary N) is 3. The number of allylic oxidation sites excluding steroid dienone is 4. The fraction of sp³-hybridized carbons (Fsp3) is 0.250. The molecule has 4 rings (SSSR count). The van der Waals surface area contributed by atoms with Gasteiger partial charge in [0.2, 0.25) is 0 Å². The van der Waals surface area contributed by atoms with E-state index in [4.69, 9.17) is 17.2 Å². The van der Waals surface area contributed by atoms with Gasteiger partial charge in [0.05, 0.1) is 5.82 Å². The Balaban J connectivity index is 0.000000188. The average Bonchev–Trinajstić information content (AvgIpc) is 2.72. The Morgan fingerprint density at radius 3 is 2.11 bits per heavy atom. The van der Waals surface area contributed by atoms with Gasteiger partial charge in [0.15, 0.2) is 0 Å². The molecule has 0 amide bonds. The van der Waals surface area contributed by atoms with Crippen molar-refractivity contribution in [2.24, 2.45) is 23.1 Å². The highest BCUT2D eigenvalue weighted by Gasteiger charge is 2.21. The summed E-state index contributed by atoms with van der Waals surface area (Å²) in [5.74, 6) is 0.556. The van der Waals surface area contributed by atoms with Gasteiger partial charge in [0.25, 0.3) is 0 Å². The van der Waals surface area contributed by atoms with Crippen LogP contribution in [0.25, 0.3) is 10.8 Å². The molecule has 4 heteroatoms. The average molecular weight is 375 g/mol. The van der Waals surface area contributed by atoms with Crippen LogP contribution < -0.4 is 17.2 Å². The van der Waals surface area contributed by atoms with Gasteiger partial charge in [-0.1, -0.05) is 60.7 Å². The normalized spacial score (nSPS) is 19.6. The number of hydrogen-bond donors (Lipinski definition) is 3. The van der Waals surface area contributed by atoms with Gasteiger partial charge in [0, 0.05) is 24.7 Å². The lowest BCUT2D eigenvalue weighted by Gasteiger charge is -2.31. The summed E-state index contributed by atoms with van der Waals surface area (Å²) < 4.78 is 0. The predicted molar refractivity (Wildman–Crippen MR) is 119 cm³/mol. The van der Waals surface area contributed by atoms with Crippen LogP contribution >= 0.6 is 0 Å². The molecule has 1 aliphatic carbocycles. The van der Waals surface area contributed by atoms with Crippen molar-refractivity contribution < 1.29 is 0 Å². The van der Waals surface area contributed by atoms with Crippen LogP contribution in [0.2, 0.25) is 0 Å². The van der Waals surface area contributed by atoms with E-state index in [0.29, 0.717) is 0 Å². The molecule has 2 aromatic carbocycles. The van der Waals surface area contributed by atoms with Crippen LogP contribution in [0.3, 0.4) is 0 Å². The highest BCUT2D eigenvalue weighted by atomic mass is 15.1. The largest absolute Gasteiger partial charge is 0.402 e. The van der Waals surface area contributed by atoms with E-state index in [9.17, 15) is 0 Å². The summed E-state index contributed by atoms with van der Waals surface area (Å²) in [6.45, 7) is 2.16. The zero-order valence-electron chi connectivity index (χ0n) is 16.5. The molecule has 0 spiro atoms. The molecule has 4 nitrogen and oxygen atoms in total. The van der Waals surface area contributed by atoms with Crippen molar-refractivity contribution in [2.45, 2.75) is 12.8 Å². The minimum Gasteiger partial charge on any atom is -0.402 e. The standard InChI is InChI=1S/C14H22N4.C10H8/c1-18-7-6-10-2-3-11(8-12(10)9-18)13(15)4-5-14(16)17;1-2-6-10-8-4-3-7-9(10)5-1/h2,4-5,8,11H,3,6-7,9,15-17H2,1H3;1-8H/b13-4-;. The highest BCUT2D eigenvalue weighted by Crippen LogP contribution is 2.31. The van der Waals surface area contributed by atoms with Crippen LogP contribution in [0.5, 0.6) is 0 Å². The molecular weight excluding hydrogens is 344 g/mol. The first-order valence-corrected chi connectivity index (χ1v) is 9.73. The lowest BCUT2D eigenvalue weighted by atomic mass is 9.85. The third-order valence-corrected chi connectivity index (χ3v) is 5.19. The van der Waals surface area contributed by atoms with Crippen molar-refractivity contribution in [1.29, 1.82) is 0 Å². The monoisotopic (exact) mass is 374 g/mol. The van der Waals surface area contributed by atoms with E-state index >= 15 is 0 Å². The lowest BCUT2D eigenvalue weighted by Crippen LogP contribution is -2.30. The fourth-order valence-corrected chi connectivity index (χ4v) is 3.60. The molecule has 1 saturated heterocycles.